The number of halogens is 1. The van der Waals surface area contributed by atoms with Crippen LogP contribution >= 0.6 is 0 Å². The van der Waals surface area contributed by atoms with E-state index in [4.69, 9.17) is 15.6 Å². The maximum atomic E-state index is 13.8. The third kappa shape index (κ3) is 5.95. The Morgan fingerprint density at radius 1 is 1.04 bits per heavy atom. The molecule has 14 heteroatoms. The Morgan fingerprint density at radius 3 is 2.54 bits per heavy atom. The summed E-state index contributed by atoms with van der Waals surface area (Å²) in [7, 11) is 3.10. The van der Waals surface area contributed by atoms with Crippen LogP contribution in [0.25, 0.3) is 22.3 Å². The number of hydrogen-bond donors (Lipinski definition) is 2. The number of carbonyl (C=O) groups excluding carboxylic acids is 2. The summed E-state index contributed by atoms with van der Waals surface area (Å²) in [4.78, 5) is 40.0. The van der Waals surface area contributed by atoms with Gasteiger partial charge in [-0.25, -0.2) is 28.8 Å². The molecule has 3 aromatic carbocycles. The summed E-state index contributed by atoms with van der Waals surface area (Å²) in [5, 5.41) is 12.3. The van der Waals surface area contributed by atoms with Crippen LogP contribution in [0.2, 0.25) is 0 Å². The Labute approximate surface area is 262 Å². The van der Waals surface area contributed by atoms with Gasteiger partial charge in [-0.3, -0.25) is 4.79 Å². The highest BCUT2D eigenvalue weighted by molar-refractivity contribution is 5.98. The van der Waals surface area contributed by atoms with E-state index in [-0.39, 0.29) is 36.3 Å². The molecule has 13 nitrogen and oxygen atoms in total. The van der Waals surface area contributed by atoms with Gasteiger partial charge in [0.1, 0.15) is 42.1 Å². The number of hydrogen-bond acceptors (Lipinski definition) is 9. The number of amides is 2. The van der Waals surface area contributed by atoms with Crippen molar-refractivity contribution >= 4 is 28.8 Å². The van der Waals surface area contributed by atoms with Crippen molar-refractivity contribution in [2.75, 3.05) is 26.4 Å². The van der Waals surface area contributed by atoms with Gasteiger partial charge in [0.05, 0.1) is 24.1 Å². The van der Waals surface area contributed by atoms with E-state index in [1.165, 1.54) is 43.1 Å². The minimum absolute atomic E-state index is 0.105. The van der Waals surface area contributed by atoms with E-state index in [9.17, 15) is 14.0 Å². The molecule has 1 atom stereocenters. The SMILES string of the molecule is COc1ccc(F)cc1C(=O)NCc1ccc(-c2nn(C(CN(C)C(=O)n3cncn3)c3ccccc3)c3ncnc(N)c23)cc1. The predicted molar refractivity (Wildman–Crippen MR) is 167 cm³/mol. The largest absolute Gasteiger partial charge is 0.496 e. The highest BCUT2D eigenvalue weighted by Gasteiger charge is 2.26. The molecule has 1 unspecified atom stereocenters. The molecule has 0 saturated heterocycles. The first-order chi connectivity index (χ1) is 22.3. The zero-order valence-corrected chi connectivity index (χ0v) is 24.9. The molecule has 232 valence electrons. The van der Waals surface area contributed by atoms with Gasteiger partial charge < -0.3 is 20.7 Å². The molecule has 0 saturated carbocycles. The van der Waals surface area contributed by atoms with E-state index < -0.39 is 17.8 Å². The summed E-state index contributed by atoms with van der Waals surface area (Å²) in [6, 6.07) is 20.1. The Balaban J connectivity index is 1.31. The summed E-state index contributed by atoms with van der Waals surface area (Å²) in [5.74, 6) is -0.466. The molecule has 0 fully saturated rings. The number of nitrogen functional groups attached to an aromatic ring is 1. The standard InChI is InChI=1S/C32H29FN10O3/c1-41(32(45)42-19-35-17-39-42)16-25(21-6-4-3-5-7-21)43-30-27(29(34)37-18-38-30)28(40-43)22-10-8-20(9-11-22)15-36-31(44)24-14-23(33)12-13-26(24)46-2/h3-14,17-19,25H,15-16H2,1-2H3,(H,36,44)(H2,34,37,38). The van der Waals surface area contributed by atoms with Gasteiger partial charge in [0.25, 0.3) is 5.91 Å². The Morgan fingerprint density at radius 2 is 1.83 bits per heavy atom. The molecule has 3 N–H and O–H groups in total. The zero-order valence-electron chi connectivity index (χ0n) is 24.9. The lowest BCUT2D eigenvalue weighted by atomic mass is 10.1. The predicted octanol–water partition coefficient (Wildman–Crippen LogP) is 3.93. The lowest BCUT2D eigenvalue weighted by molar-refractivity contribution is 0.0947. The highest BCUT2D eigenvalue weighted by Crippen LogP contribution is 2.33. The number of nitrogens with two attached hydrogens (primary N) is 1. The van der Waals surface area contributed by atoms with Gasteiger partial charge >= 0.3 is 6.03 Å². The van der Waals surface area contributed by atoms with Gasteiger partial charge in [0, 0.05) is 25.7 Å². The highest BCUT2D eigenvalue weighted by atomic mass is 19.1. The van der Waals surface area contributed by atoms with E-state index in [2.05, 4.69) is 25.4 Å². The Hall–Kier alpha value is -6.18. The van der Waals surface area contributed by atoms with Crippen LogP contribution < -0.4 is 15.8 Å². The van der Waals surface area contributed by atoms with Crippen molar-refractivity contribution in [1.82, 2.24) is 44.7 Å². The summed E-state index contributed by atoms with van der Waals surface area (Å²) in [5.41, 5.74) is 9.99. The van der Waals surface area contributed by atoms with Gasteiger partial charge in [0.15, 0.2) is 5.65 Å². The van der Waals surface area contributed by atoms with E-state index in [1.54, 1.807) is 11.7 Å². The molecular weight excluding hydrogens is 591 g/mol. The van der Waals surface area contributed by atoms with Gasteiger partial charge in [-0.2, -0.15) is 14.9 Å². The number of nitrogens with zero attached hydrogens (tertiary/aromatic N) is 8. The second-order valence-electron chi connectivity index (χ2n) is 10.4. The molecule has 0 aliphatic carbocycles. The zero-order chi connectivity index (χ0) is 32.2. The normalized spacial score (nSPS) is 11.7. The first-order valence-electron chi connectivity index (χ1n) is 14.2. The van der Waals surface area contributed by atoms with E-state index >= 15 is 0 Å². The fourth-order valence-electron chi connectivity index (χ4n) is 5.15. The third-order valence-corrected chi connectivity index (χ3v) is 7.47. The minimum atomic E-state index is -0.534. The van der Waals surface area contributed by atoms with Crippen LogP contribution in [-0.4, -0.2) is 72.1 Å². The number of benzene rings is 3. The summed E-state index contributed by atoms with van der Waals surface area (Å²) < 4.78 is 21.9. The maximum Gasteiger partial charge on any atom is 0.345 e. The Bertz CT molecular complexity index is 2000. The van der Waals surface area contributed by atoms with Crippen molar-refractivity contribution in [3.8, 4) is 17.0 Å². The lowest BCUT2D eigenvalue weighted by Gasteiger charge is -2.25. The van der Waals surface area contributed by atoms with Crippen LogP contribution in [-0.2, 0) is 6.54 Å². The van der Waals surface area contributed by atoms with Crippen LogP contribution in [0, 0.1) is 5.82 Å². The molecule has 6 aromatic rings. The number of carbonyl (C=O) groups is 2. The molecule has 0 aliphatic rings. The van der Waals surface area contributed by atoms with Gasteiger partial charge in [0.2, 0.25) is 0 Å². The van der Waals surface area contributed by atoms with E-state index in [0.29, 0.717) is 16.7 Å². The molecule has 3 heterocycles. The minimum Gasteiger partial charge on any atom is -0.496 e. The number of fused-ring (bicyclic) bond motifs is 1. The van der Waals surface area contributed by atoms with Crippen LogP contribution in [0.3, 0.4) is 0 Å². The van der Waals surface area contributed by atoms with Crippen LogP contribution in [0.15, 0.2) is 91.8 Å². The average molecular weight is 621 g/mol. The molecule has 0 radical (unpaired) electrons. The monoisotopic (exact) mass is 620 g/mol. The van der Waals surface area contributed by atoms with Crippen molar-refractivity contribution in [3.05, 3.63) is 114 Å². The fourth-order valence-corrected chi connectivity index (χ4v) is 5.15. The second kappa shape index (κ2) is 12.8. The number of aromatic nitrogens is 7. The van der Waals surface area contributed by atoms with Gasteiger partial charge in [-0.1, -0.05) is 54.6 Å². The molecule has 0 spiro atoms. The maximum absolute atomic E-state index is 13.8. The summed E-state index contributed by atoms with van der Waals surface area (Å²) in [6.45, 7) is 0.430. The lowest BCUT2D eigenvalue weighted by Crippen LogP contribution is -2.36. The number of nitrogens with one attached hydrogen (secondary N) is 1. The smallest absolute Gasteiger partial charge is 0.345 e. The number of methoxy groups -OCH3 is 1. The number of anilines is 1. The molecule has 0 aliphatic heterocycles. The number of ether oxygens (including phenoxy) is 1. The first-order valence-corrected chi connectivity index (χ1v) is 14.2. The number of rotatable bonds is 9. The van der Waals surface area contributed by atoms with Gasteiger partial charge in [-0.15, -0.1) is 0 Å². The number of likely N-dealkylation sites (N-methyl/N-ethyl adjacent to an activating group) is 1. The van der Waals surface area contributed by atoms with Crippen LogP contribution in [0.4, 0.5) is 15.0 Å². The average Bonchev–Trinajstić information content (AvgIpc) is 3.76. The second-order valence-corrected chi connectivity index (χ2v) is 10.4. The molecule has 2 amide bonds. The summed E-state index contributed by atoms with van der Waals surface area (Å²) in [6.07, 6.45) is 4.03. The Kier molecular flexibility index (Phi) is 8.32. The van der Waals surface area contributed by atoms with Crippen molar-refractivity contribution in [2.24, 2.45) is 0 Å². The fraction of sp³-hybridized carbons (Fsp3) is 0.156. The molecule has 0 bridgehead atoms. The van der Waals surface area contributed by atoms with Crippen LogP contribution in [0.1, 0.15) is 27.5 Å². The van der Waals surface area contributed by atoms with Crippen molar-refractivity contribution in [3.63, 3.8) is 0 Å². The van der Waals surface area contributed by atoms with Crippen molar-refractivity contribution in [1.29, 1.82) is 0 Å². The quantitative estimate of drug-likeness (QED) is 0.244. The van der Waals surface area contributed by atoms with Crippen LogP contribution in [0.5, 0.6) is 5.75 Å². The topological polar surface area (TPSA) is 159 Å². The van der Waals surface area contributed by atoms with Gasteiger partial charge in [-0.05, 0) is 29.3 Å². The third-order valence-electron chi connectivity index (χ3n) is 7.47. The van der Waals surface area contributed by atoms with E-state index in [0.717, 1.165) is 27.4 Å². The van der Waals surface area contributed by atoms with E-state index in [1.807, 2.05) is 54.6 Å². The summed E-state index contributed by atoms with van der Waals surface area (Å²) >= 11 is 0. The first kappa shape index (κ1) is 29.9. The molecule has 3 aromatic heterocycles. The molecule has 46 heavy (non-hydrogen) atoms. The molecular formula is C32H29FN10O3. The van der Waals surface area contributed by atoms with Crippen molar-refractivity contribution < 1.29 is 18.7 Å². The van der Waals surface area contributed by atoms with Crippen molar-refractivity contribution in [2.45, 2.75) is 12.6 Å². The molecule has 6 rings (SSSR count).